The molecular formula is C23H23N3O6. The number of imide groups is 1. The van der Waals surface area contributed by atoms with Crippen molar-refractivity contribution in [1.29, 1.82) is 0 Å². The number of nitro groups is 1. The molecule has 0 unspecified atom stereocenters. The van der Waals surface area contributed by atoms with Crippen LogP contribution < -0.4 is 14.8 Å². The summed E-state index contributed by atoms with van der Waals surface area (Å²) >= 11 is 0. The molecule has 3 amide bonds. The molecule has 0 atom stereocenters. The molecule has 1 N–H and O–H groups in total. The molecule has 0 bridgehead atoms. The lowest BCUT2D eigenvalue weighted by Gasteiger charge is -2.16. The topological polar surface area (TPSA) is 111 Å². The third kappa shape index (κ3) is 4.77. The highest BCUT2D eigenvalue weighted by molar-refractivity contribution is 6.13. The number of nitro benzene ring substituents is 1. The lowest BCUT2D eigenvalue weighted by molar-refractivity contribution is -0.384. The van der Waals surface area contributed by atoms with E-state index in [1.54, 1.807) is 37.3 Å². The van der Waals surface area contributed by atoms with Gasteiger partial charge in [-0.05, 0) is 42.7 Å². The summed E-state index contributed by atoms with van der Waals surface area (Å²) in [5, 5.41) is 13.6. The summed E-state index contributed by atoms with van der Waals surface area (Å²) in [5.41, 5.74) is 2.18. The Morgan fingerprint density at radius 2 is 2.03 bits per heavy atom. The molecule has 9 nitrogen and oxygen atoms in total. The number of amides is 3. The summed E-state index contributed by atoms with van der Waals surface area (Å²) < 4.78 is 11.5. The zero-order valence-electron chi connectivity index (χ0n) is 17.8. The van der Waals surface area contributed by atoms with Crippen molar-refractivity contribution in [3.63, 3.8) is 0 Å². The van der Waals surface area contributed by atoms with Crippen LogP contribution in [0.15, 0.2) is 54.8 Å². The van der Waals surface area contributed by atoms with Crippen molar-refractivity contribution in [2.45, 2.75) is 20.0 Å². The van der Waals surface area contributed by atoms with Crippen LogP contribution in [-0.2, 0) is 17.8 Å². The van der Waals surface area contributed by atoms with E-state index in [-0.39, 0.29) is 24.5 Å². The van der Waals surface area contributed by atoms with Gasteiger partial charge in [-0.1, -0.05) is 18.2 Å². The van der Waals surface area contributed by atoms with E-state index in [4.69, 9.17) is 9.47 Å². The molecule has 9 heteroatoms. The smallest absolute Gasteiger partial charge is 0.328 e. The lowest BCUT2D eigenvalue weighted by Crippen LogP contribution is -2.30. The molecule has 0 radical (unpaired) electrons. The monoisotopic (exact) mass is 437 g/mol. The maximum atomic E-state index is 12.4. The van der Waals surface area contributed by atoms with Crippen molar-refractivity contribution in [3.8, 4) is 11.5 Å². The van der Waals surface area contributed by atoms with Gasteiger partial charge in [0.1, 0.15) is 12.3 Å². The number of hydrogen-bond acceptors (Lipinski definition) is 6. The average molecular weight is 437 g/mol. The van der Waals surface area contributed by atoms with Gasteiger partial charge >= 0.3 is 6.03 Å². The minimum absolute atomic E-state index is 0.0178. The zero-order chi connectivity index (χ0) is 23.3. The molecule has 0 aromatic heterocycles. The zero-order valence-corrected chi connectivity index (χ0v) is 17.8. The second kappa shape index (κ2) is 9.78. The van der Waals surface area contributed by atoms with E-state index in [9.17, 15) is 19.7 Å². The highest BCUT2D eigenvalue weighted by Gasteiger charge is 2.32. The maximum absolute atomic E-state index is 12.4. The van der Waals surface area contributed by atoms with Crippen LogP contribution in [0.1, 0.15) is 23.6 Å². The first-order chi connectivity index (χ1) is 15.4. The largest absolute Gasteiger partial charge is 0.493 e. The fourth-order valence-corrected chi connectivity index (χ4v) is 3.33. The molecule has 32 heavy (non-hydrogen) atoms. The Hall–Kier alpha value is -4.14. The molecular weight excluding hydrogens is 414 g/mol. The van der Waals surface area contributed by atoms with Gasteiger partial charge in [-0.25, -0.2) is 4.79 Å². The molecule has 2 aromatic carbocycles. The number of urea groups is 1. The predicted octanol–water partition coefficient (Wildman–Crippen LogP) is 3.82. The van der Waals surface area contributed by atoms with Crippen LogP contribution in [0.4, 0.5) is 10.5 Å². The van der Waals surface area contributed by atoms with Crippen LogP contribution in [0, 0.1) is 10.1 Å². The first-order valence-electron chi connectivity index (χ1n) is 9.90. The van der Waals surface area contributed by atoms with Crippen molar-refractivity contribution in [2.75, 3.05) is 13.7 Å². The highest BCUT2D eigenvalue weighted by atomic mass is 16.6. The number of benzene rings is 2. The molecule has 1 fully saturated rings. The first kappa shape index (κ1) is 22.5. The van der Waals surface area contributed by atoms with E-state index in [0.29, 0.717) is 29.0 Å². The second-order valence-electron chi connectivity index (χ2n) is 6.96. The Morgan fingerprint density at radius 1 is 1.25 bits per heavy atom. The highest BCUT2D eigenvalue weighted by Crippen LogP contribution is 2.35. The Balaban J connectivity index is 1.92. The van der Waals surface area contributed by atoms with E-state index in [1.807, 2.05) is 6.07 Å². The number of carbonyl (C=O) groups excluding carboxylic acids is 2. The molecule has 0 aliphatic carbocycles. The Kier molecular flexibility index (Phi) is 6.89. The normalized spacial score (nSPS) is 14.4. The number of likely N-dealkylation sites (N-methyl/N-ethyl adjacent to an activating group) is 1. The molecule has 0 saturated carbocycles. The number of ether oxygens (including phenoxy) is 2. The van der Waals surface area contributed by atoms with Crippen LogP contribution in [0.5, 0.6) is 11.5 Å². The second-order valence-corrected chi connectivity index (χ2v) is 6.96. The number of allylic oxidation sites excluding steroid dienone is 1. The van der Waals surface area contributed by atoms with E-state index < -0.39 is 16.9 Å². The third-order valence-electron chi connectivity index (χ3n) is 4.83. The number of nitrogens with zero attached hydrogens (tertiary/aromatic N) is 2. The van der Waals surface area contributed by atoms with E-state index in [0.717, 1.165) is 10.5 Å². The Morgan fingerprint density at radius 3 is 2.66 bits per heavy atom. The van der Waals surface area contributed by atoms with Crippen LogP contribution in [0.3, 0.4) is 0 Å². The molecule has 1 heterocycles. The maximum Gasteiger partial charge on any atom is 0.328 e. The molecule has 0 spiro atoms. The summed E-state index contributed by atoms with van der Waals surface area (Å²) in [7, 11) is 1.49. The van der Waals surface area contributed by atoms with Crippen molar-refractivity contribution < 1.29 is 24.0 Å². The number of rotatable bonds is 9. The number of nitrogens with one attached hydrogen (secondary N) is 1. The van der Waals surface area contributed by atoms with Crippen LogP contribution in [-0.4, -0.2) is 35.4 Å². The number of carbonyl (C=O) groups is 2. The van der Waals surface area contributed by atoms with Gasteiger partial charge in [-0.15, -0.1) is 6.58 Å². The molecule has 3 rings (SSSR count). The van der Waals surface area contributed by atoms with Crippen molar-refractivity contribution in [1.82, 2.24) is 10.2 Å². The SMILES string of the molecule is C=CCc1cc(/C=C2/NC(=O)N(CC)C2=O)cc(OC)c1OCc1cccc([N+](=O)[O-])c1. The van der Waals surface area contributed by atoms with E-state index >= 15 is 0 Å². The first-order valence-corrected chi connectivity index (χ1v) is 9.90. The van der Waals surface area contributed by atoms with Gasteiger partial charge in [0.2, 0.25) is 0 Å². The molecule has 1 aliphatic rings. The summed E-state index contributed by atoms with van der Waals surface area (Å²) in [6.07, 6.45) is 3.74. The summed E-state index contributed by atoms with van der Waals surface area (Å²) in [6.45, 7) is 5.87. The quantitative estimate of drug-likeness (QED) is 0.210. The predicted molar refractivity (Wildman–Crippen MR) is 118 cm³/mol. The molecule has 1 aliphatic heterocycles. The fourth-order valence-electron chi connectivity index (χ4n) is 3.33. The van der Waals surface area contributed by atoms with Crippen molar-refractivity contribution >= 4 is 23.7 Å². The van der Waals surface area contributed by atoms with E-state index in [1.165, 1.54) is 19.2 Å². The third-order valence-corrected chi connectivity index (χ3v) is 4.83. The van der Waals surface area contributed by atoms with Gasteiger partial charge in [-0.2, -0.15) is 0 Å². The molecule has 166 valence electrons. The molecule has 2 aromatic rings. The summed E-state index contributed by atoms with van der Waals surface area (Å²) in [5.74, 6) is 0.497. The Bertz CT molecular complexity index is 1110. The summed E-state index contributed by atoms with van der Waals surface area (Å²) in [4.78, 5) is 35.9. The van der Waals surface area contributed by atoms with Gasteiger partial charge in [0, 0.05) is 24.2 Å². The van der Waals surface area contributed by atoms with Gasteiger partial charge in [0.25, 0.3) is 11.6 Å². The van der Waals surface area contributed by atoms with Crippen LogP contribution >= 0.6 is 0 Å². The minimum atomic E-state index is -0.460. The van der Waals surface area contributed by atoms with Gasteiger partial charge in [0.15, 0.2) is 11.5 Å². The van der Waals surface area contributed by atoms with Gasteiger partial charge in [0.05, 0.1) is 12.0 Å². The van der Waals surface area contributed by atoms with Crippen LogP contribution in [0.2, 0.25) is 0 Å². The molecule has 1 saturated heterocycles. The number of hydrogen-bond donors (Lipinski definition) is 1. The van der Waals surface area contributed by atoms with Gasteiger partial charge in [-0.3, -0.25) is 19.8 Å². The standard InChI is InChI=1S/C23H23N3O6/c1-4-7-17-10-16(12-19-22(27)25(5-2)23(28)24-19)13-20(31-3)21(17)32-14-15-8-6-9-18(11-15)26(29)30/h4,6,8-13H,1,5,7,14H2,2-3H3,(H,24,28)/b19-12+. The summed E-state index contributed by atoms with van der Waals surface area (Å²) in [6, 6.07) is 9.24. The number of non-ortho nitro benzene ring substituents is 1. The minimum Gasteiger partial charge on any atom is -0.493 e. The van der Waals surface area contributed by atoms with Crippen molar-refractivity contribution in [3.05, 3.63) is 81.6 Å². The van der Waals surface area contributed by atoms with Crippen LogP contribution in [0.25, 0.3) is 6.08 Å². The van der Waals surface area contributed by atoms with E-state index in [2.05, 4.69) is 11.9 Å². The number of methoxy groups -OCH3 is 1. The fraction of sp³-hybridized carbons (Fsp3) is 0.217. The average Bonchev–Trinajstić information content (AvgIpc) is 3.05. The lowest BCUT2D eigenvalue weighted by atomic mass is 10.0. The van der Waals surface area contributed by atoms with Gasteiger partial charge < -0.3 is 14.8 Å². The Labute approximate surface area is 185 Å². The van der Waals surface area contributed by atoms with Crippen molar-refractivity contribution in [2.24, 2.45) is 0 Å².